The summed E-state index contributed by atoms with van der Waals surface area (Å²) in [5, 5.41) is 14.5. The molecule has 0 aliphatic heterocycles. The Balaban J connectivity index is 1.50. The van der Waals surface area contributed by atoms with Gasteiger partial charge in [0.15, 0.2) is 16.8 Å². The van der Waals surface area contributed by atoms with Crippen LogP contribution >= 0.6 is 23.4 Å². The molecule has 0 saturated heterocycles. The summed E-state index contributed by atoms with van der Waals surface area (Å²) >= 11 is 7.61. The maximum Gasteiger partial charge on any atom is 0.229 e. The van der Waals surface area contributed by atoms with Gasteiger partial charge in [0.2, 0.25) is 5.89 Å². The Kier molecular flexibility index (Phi) is 4.85. The molecule has 1 saturated carbocycles. The molecule has 0 amide bonds. The Hall–Kier alpha value is -2.64. The smallest absolute Gasteiger partial charge is 0.229 e. The number of thioether (sulfide) groups is 1. The highest BCUT2D eigenvalue weighted by atomic mass is 35.5. The first-order valence-electron chi connectivity index (χ1n) is 9.41. The Morgan fingerprint density at radius 1 is 1.10 bits per heavy atom. The van der Waals surface area contributed by atoms with E-state index in [2.05, 4.69) is 44.0 Å². The molecule has 0 N–H and O–H groups in total. The van der Waals surface area contributed by atoms with Crippen LogP contribution in [-0.2, 0) is 5.75 Å². The number of halogens is 1. The van der Waals surface area contributed by atoms with E-state index in [0.29, 0.717) is 22.5 Å². The Morgan fingerprint density at radius 2 is 1.90 bits per heavy atom. The molecule has 146 valence electrons. The molecule has 0 spiro atoms. The number of hydrogen-bond donors (Lipinski definition) is 0. The molecule has 0 radical (unpaired) electrons. The van der Waals surface area contributed by atoms with E-state index in [1.807, 2.05) is 36.4 Å². The highest BCUT2D eigenvalue weighted by Crippen LogP contribution is 2.39. The lowest BCUT2D eigenvalue weighted by atomic mass is 10.1. The second kappa shape index (κ2) is 7.65. The molecule has 0 bridgehead atoms. The zero-order valence-electron chi connectivity index (χ0n) is 15.7. The first-order chi connectivity index (χ1) is 14.2. The molecule has 5 rings (SSSR count). The number of rotatable bonds is 6. The lowest BCUT2D eigenvalue weighted by molar-refractivity contribution is 0.375. The van der Waals surface area contributed by atoms with Crippen molar-refractivity contribution in [2.24, 2.45) is 0 Å². The molecule has 4 aromatic rings. The Labute approximate surface area is 177 Å². The fraction of sp³-hybridized carbons (Fsp3) is 0.238. The maximum absolute atomic E-state index is 6.06. The third kappa shape index (κ3) is 3.80. The molecule has 6 nitrogen and oxygen atoms in total. The minimum absolute atomic E-state index is 0.452. The molecule has 2 aromatic carbocycles. The van der Waals surface area contributed by atoms with Gasteiger partial charge in [-0.1, -0.05) is 46.7 Å². The molecule has 2 aromatic heterocycles. The van der Waals surface area contributed by atoms with Gasteiger partial charge in [0.1, 0.15) is 0 Å². The molecular formula is C21H18ClN5OS. The molecule has 0 atom stereocenters. The summed E-state index contributed by atoms with van der Waals surface area (Å²) in [6.45, 7) is 2.08. The molecule has 0 unspecified atom stereocenters. The summed E-state index contributed by atoms with van der Waals surface area (Å²) in [6, 6.07) is 15.8. The van der Waals surface area contributed by atoms with Crippen LogP contribution in [0.3, 0.4) is 0 Å². The van der Waals surface area contributed by atoms with Crippen molar-refractivity contribution >= 4 is 23.4 Å². The average Bonchev–Trinajstić information content (AvgIpc) is 3.33. The third-order valence-electron chi connectivity index (χ3n) is 4.83. The van der Waals surface area contributed by atoms with Crippen molar-refractivity contribution in [1.29, 1.82) is 0 Å². The van der Waals surface area contributed by atoms with E-state index in [1.54, 1.807) is 11.8 Å². The van der Waals surface area contributed by atoms with Crippen LogP contribution in [0, 0.1) is 6.92 Å². The van der Waals surface area contributed by atoms with E-state index in [1.165, 1.54) is 0 Å². The van der Waals surface area contributed by atoms with Crippen LogP contribution in [0.25, 0.3) is 17.1 Å². The standard InChI is InChI=1S/C21H18ClN5OS/c1-13-4-2-3-5-17(13)27-19(14-8-10-16(22)11-9-14)24-25-21(27)29-12-18-23-20(28-26-18)15-6-7-15/h2-5,8-11,15H,6-7,12H2,1H3. The highest BCUT2D eigenvalue weighted by Gasteiger charge is 2.29. The summed E-state index contributed by atoms with van der Waals surface area (Å²) in [4.78, 5) is 4.51. The van der Waals surface area contributed by atoms with Gasteiger partial charge in [0.25, 0.3) is 0 Å². The van der Waals surface area contributed by atoms with Gasteiger partial charge in [0.05, 0.1) is 11.4 Å². The number of aryl methyl sites for hydroxylation is 1. The Morgan fingerprint density at radius 3 is 2.66 bits per heavy atom. The monoisotopic (exact) mass is 423 g/mol. The van der Waals surface area contributed by atoms with Crippen LogP contribution in [0.1, 0.15) is 36.0 Å². The predicted molar refractivity (Wildman–Crippen MR) is 112 cm³/mol. The van der Waals surface area contributed by atoms with Crippen molar-refractivity contribution in [2.75, 3.05) is 0 Å². The second-order valence-electron chi connectivity index (χ2n) is 7.05. The molecular weight excluding hydrogens is 406 g/mol. The zero-order chi connectivity index (χ0) is 19.8. The van der Waals surface area contributed by atoms with Crippen LogP contribution in [0.5, 0.6) is 0 Å². The number of aromatic nitrogens is 5. The minimum Gasteiger partial charge on any atom is -0.339 e. The molecule has 8 heteroatoms. The molecule has 1 aliphatic carbocycles. The lowest BCUT2D eigenvalue weighted by Crippen LogP contribution is -2.02. The topological polar surface area (TPSA) is 69.6 Å². The average molecular weight is 424 g/mol. The number of nitrogens with zero attached hydrogens (tertiary/aromatic N) is 5. The van der Waals surface area contributed by atoms with Crippen molar-refractivity contribution in [1.82, 2.24) is 24.9 Å². The van der Waals surface area contributed by atoms with Gasteiger partial charge in [-0.05, 0) is 55.7 Å². The van der Waals surface area contributed by atoms with Gasteiger partial charge in [-0.2, -0.15) is 4.98 Å². The number of para-hydroxylation sites is 1. The van der Waals surface area contributed by atoms with E-state index < -0.39 is 0 Å². The van der Waals surface area contributed by atoms with Gasteiger partial charge >= 0.3 is 0 Å². The minimum atomic E-state index is 0.452. The van der Waals surface area contributed by atoms with E-state index in [-0.39, 0.29) is 0 Å². The quantitative estimate of drug-likeness (QED) is 0.384. The second-order valence-corrected chi connectivity index (χ2v) is 8.43. The first-order valence-corrected chi connectivity index (χ1v) is 10.8. The summed E-state index contributed by atoms with van der Waals surface area (Å²) in [6.07, 6.45) is 2.28. The summed E-state index contributed by atoms with van der Waals surface area (Å²) in [7, 11) is 0. The van der Waals surface area contributed by atoms with Crippen LogP contribution in [-0.4, -0.2) is 24.9 Å². The fourth-order valence-electron chi connectivity index (χ4n) is 3.13. The summed E-state index contributed by atoms with van der Waals surface area (Å²) in [5.41, 5.74) is 3.13. The summed E-state index contributed by atoms with van der Waals surface area (Å²) in [5.74, 6) is 3.23. The number of benzene rings is 2. The van der Waals surface area contributed by atoms with Crippen molar-refractivity contribution in [3.8, 4) is 17.1 Å². The van der Waals surface area contributed by atoms with Crippen molar-refractivity contribution in [3.63, 3.8) is 0 Å². The maximum atomic E-state index is 6.06. The molecule has 1 fully saturated rings. The summed E-state index contributed by atoms with van der Waals surface area (Å²) < 4.78 is 7.44. The first kappa shape index (κ1) is 18.4. The van der Waals surface area contributed by atoms with Gasteiger partial charge < -0.3 is 4.52 Å². The van der Waals surface area contributed by atoms with E-state index in [9.17, 15) is 0 Å². The molecule has 29 heavy (non-hydrogen) atoms. The van der Waals surface area contributed by atoms with E-state index >= 15 is 0 Å². The fourth-order valence-corrected chi connectivity index (χ4v) is 4.05. The molecule has 1 aliphatic rings. The van der Waals surface area contributed by atoms with Crippen LogP contribution in [0.4, 0.5) is 0 Å². The normalized spacial score (nSPS) is 13.7. The number of hydrogen-bond acceptors (Lipinski definition) is 6. The van der Waals surface area contributed by atoms with Crippen molar-refractivity contribution < 1.29 is 4.52 Å². The Bertz CT molecular complexity index is 1150. The van der Waals surface area contributed by atoms with Gasteiger partial charge in [-0.15, -0.1) is 10.2 Å². The third-order valence-corrected chi connectivity index (χ3v) is 6.01. The van der Waals surface area contributed by atoms with Crippen LogP contribution < -0.4 is 0 Å². The van der Waals surface area contributed by atoms with Gasteiger partial charge in [0, 0.05) is 16.5 Å². The van der Waals surface area contributed by atoms with E-state index in [4.69, 9.17) is 16.1 Å². The van der Waals surface area contributed by atoms with Gasteiger partial charge in [-0.3, -0.25) is 4.57 Å². The zero-order valence-corrected chi connectivity index (χ0v) is 17.3. The lowest BCUT2D eigenvalue weighted by Gasteiger charge is -2.12. The SMILES string of the molecule is Cc1ccccc1-n1c(SCc2noc(C3CC3)n2)nnc1-c1ccc(Cl)cc1. The van der Waals surface area contributed by atoms with E-state index in [0.717, 1.165) is 46.5 Å². The van der Waals surface area contributed by atoms with Crippen LogP contribution in [0.2, 0.25) is 5.02 Å². The largest absolute Gasteiger partial charge is 0.339 e. The van der Waals surface area contributed by atoms with Crippen molar-refractivity contribution in [3.05, 3.63) is 70.8 Å². The van der Waals surface area contributed by atoms with Crippen molar-refractivity contribution in [2.45, 2.75) is 36.6 Å². The van der Waals surface area contributed by atoms with Crippen LogP contribution in [0.15, 0.2) is 58.2 Å². The van der Waals surface area contributed by atoms with Gasteiger partial charge in [-0.25, -0.2) is 0 Å². The predicted octanol–water partition coefficient (Wildman–Crippen LogP) is 5.45. The highest BCUT2D eigenvalue weighted by molar-refractivity contribution is 7.98. The molecule has 2 heterocycles.